The standard InChI is InChI=1S/C18H19NO4/c1-19-8-7-17-14-10-3-4-12(22-2)15(14)23-16(17)11(20)5-6-18(17,21)13(19)9-10/h3-6,13,16,21H,7-9H2,1-2H3/t13-,16+,17-,18-/m0/s1. The van der Waals surface area contributed by atoms with Crippen molar-refractivity contribution in [3.8, 4) is 11.5 Å². The van der Waals surface area contributed by atoms with Crippen LogP contribution in [0, 0.1) is 0 Å². The van der Waals surface area contributed by atoms with Gasteiger partial charge in [-0.1, -0.05) is 6.07 Å². The number of carbonyl (C=O) groups excluding carboxylic acids is 1. The van der Waals surface area contributed by atoms with Crippen molar-refractivity contribution in [3.05, 3.63) is 35.4 Å². The van der Waals surface area contributed by atoms with E-state index in [2.05, 4.69) is 11.0 Å². The molecule has 2 aliphatic heterocycles. The van der Waals surface area contributed by atoms with E-state index in [-0.39, 0.29) is 11.8 Å². The Morgan fingerprint density at radius 1 is 1.43 bits per heavy atom. The first-order valence-corrected chi connectivity index (χ1v) is 8.05. The highest BCUT2D eigenvalue weighted by Crippen LogP contribution is 2.63. The molecule has 4 atom stereocenters. The maximum atomic E-state index is 12.6. The molecule has 0 amide bonds. The summed E-state index contributed by atoms with van der Waals surface area (Å²) in [6.45, 7) is 0.837. The predicted molar refractivity (Wildman–Crippen MR) is 82.9 cm³/mol. The molecule has 1 fully saturated rings. The van der Waals surface area contributed by atoms with Gasteiger partial charge in [0.2, 0.25) is 0 Å². The lowest BCUT2D eigenvalue weighted by Gasteiger charge is -2.60. The maximum absolute atomic E-state index is 12.6. The van der Waals surface area contributed by atoms with Crippen molar-refractivity contribution in [1.82, 2.24) is 4.90 Å². The van der Waals surface area contributed by atoms with Gasteiger partial charge in [0.05, 0.1) is 12.5 Å². The summed E-state index contributed by atoms with van der Waals surface area (Å²) in [5.41, 5.74) is 0.385. The third kappa shape index (κ3) is 1.28. The number of hydrogen-bond acceptors (Lipinski definition) is 5. The molecule has 2 bridgehead atoms. The number of aliphatic hydroxyl groups is 1. The second-order valence-corrected chi connectivity index (χ2v) is 7.11. The number of ketones is 1. The molecule has 0 aromatic heterocycles. The van der Waals surface area contributed by atoms with Crippen LogP contribution in [0.25, 0.3) is 0 Å². The van der Waals surface area contributed by atoms with Crippen LogP contribution in [-0.2, 0) is 16.6 Å². The number of hydrogen-bond donors (Lipinski definition) is 1. The monoisotopic (exact) mass is 313 g/mol. The lowest BCUT2D eigenvalue weighted by atomic mass is 9.51. The SMILES string of the molecule is COc1ccc2c3c1O[C@@H]1C(=O)C=C[C@]4(O)[C@H](C2)N(C)CC[C@]314. The molecule has 5 heteroatoms. The Balaban J connectivity index is 1.89. The highest BCUT2D eigenvalue weighted by molar-refractivity contribution is 5.99. The van der Waals surface area contributed by atoms with Crippen LogP contribution in [-0.4, -0.2) is 54.2 Å². The Bertz CT molecular complexity index is 773. The second-order valence-electron chi connectivity index (χ2n) is 7.11. The summed E-state index contributed by atoms with van der Waals surface area (Å²) in [7, 11) is 3.65. The van der Waals surface area contributed by atoms with E-state index in [1.165, 1.54) is 6.08 Å². The molecule has 1 aromatic rings. The van der Waals surface area contributed by atoms with Crippen LogP contribution in [0.5, 0.6) is 11.5 Å². The Morgan fingerprint density at radius 2 is 2.26 bits per heavy atom. The molecule has 2 aliphatic carbocycles. The lowest BCUT2D eigenvalue weighted by Crippen LogP contribution is -2.74. The van der Waals surface area contributed by atoms with E-state index in [1.807, 2.05) is 13.1 Å². The van der Waals surface area contributed by atoms with E-state index in [0.717, 1.165) is 24.1 Å². The van der Waals surface area contributed by atoms with E-state index >= 15 is 0 Å². The molecule has 0 unspecified atom stereocenters. The lowest BCUT2D eigenvalue weighted by molar-refractivity contribution is -0.151. The van der Waals surface area contributed by atoms with E-state index in [9.17, 15) is 9.90 Å². The average Bonchev–Trinajstić information content (AvgIpc) is 2.90. The zero-order valence-electron chi connectivity index (χ0n) is 13.2. The van der Waals surface area contributed by atoms with Crippen LogP contribution >= 0.6 is 0 Å². The van der Waals surface area contributed by atoms with Gasteiger partial charge in [0.25, 0.3) is 0 Å². The van der Waals surface area contributed by atoms with Crippen LogP contribution < -0.4 is 9.47 Å². The van der Waals surface area contributed by atoms with Crippen molar-refractivity contribution in [2.45, 2.75) is 36.0 Å². The fourth-order valence-electron chi connectivity index (χ4n) is 5.28. The highest BCUT2D eigenvalue weighted by Gasteiger charge is 2.71. The summed E-state index contributed by atoms with van der Waals surface area (Å²) < 4.78 is 11.6. The van der Waals surface area contributed by atoms with Crippen LogP contribution in [0.2, 0.25) is 0 Å². The van der Waals surface area contributed by atoms with E-state index < -0.39 is 17.1 Å². The minimum absolute atomic E-state index is 0.0430. The fourth-order valence-corrected chi connectivity index (χ4v) is 5.28. The Kier molecular flexibility index (Phi) is 2.34. The first kappa shape index (κ1) is 13.6. The molecule has 1 aromatic carbocycles. The number of methoxy groups -OCH3 is 1. The van der Waals surface area contributed by atoms with Gasteiger partial charge in [0, 0.05) is 11.6 Å². The summed E-state index contributed by atoms with van der Waals surface area (Å²) in [5, 5.41) is 11.7. The minimum atomic E-state index is -1.08. The van der Waals surface area contributed by atoms with Gasteiger partial charge in [-0.2, -0.15) is 0 Å². The minimum Gasteiger partial charge on any atom is -0.493 e. The number of nitrogens with zero attached hydrogens (tertiary/aromatic N) is 1. The highest BCUT2D eigenvalue weighted by atomic mass is 16.5. The molecule has 4 aliphatic rings. The molecular formula is C18H19NO4. The third-order valence-corrected chi connectivity index (χ3v) is 6.34. The van der Waals surface area contributed by atoms with Crippen molar-refractivity contribution in [1.29, 1.82) is 0 Å². The number of rotatable bonds is 1. The molecule has 1 N–H and O–H groups in total. The zero-order valence-corrected chi connectivity index (χ0v) is 13.2. The molecule has 5 nitrogen and oxygen atoms in total. The zero-order chi connectivity index (χ0) is 16.0. The van der Waals surface area contributed by atoms with Gasteiger partial charge in [-0.05, 0) is 50.2 Å². The third-order valence-electron chi connectivity index (χ3n) is 6.34. The van der Waals surface area contributed by atoms with Crippen molar-refractivity contribution in [2.75, 3.05) is 20.7 Å². The Hall–Kier alpha value is -1.85. The Labute approximate surface area is 134 Å². The van der Waals surface area contributed by atoms with Crippen molar-refractivity contribution in [3.63, 3.8) is 0 Å². The summed E-state index contributed by atoms with van der Waals surface area (Å²) in [6, 6.07) is 3.92. The first-order chi connectivity index (χ1) is 11.0. The summed E-state index contributed by atoms with van der Waals surface area (Å²) in [5.74, 6) is 1.22. The summed E-state index contributed by atoms with van der Waals surface area (Å²) >= 11 is 0. The van der Waals surface area contributed by atoms with E-state index in [1.54, 1.807) is 13.2 Å². The van der Waals surface area contributed by atoms with Crippen LogP contribution in [0.1, 0.15) is 17.5 Å². The average molecular weight is 313 g/mol. The molecule has 1 spiro atoms. The van der Waals surface area contributed by atoms with Crippen molar-refractivity contribution < 1.29 is 19.4 Å². The smallest absolute Gasteiger partial charge is 0.196 e. The molecule has 23 heavy (non-hydrogen) atoms. The van der Waals surface area contributed by atoms with Gasteiger partial charge in [-0.25, -0.2) is 0 Å². The molecule has 1 saturated heterocycles. The molecule has 2 heterocycles. The first-order valence-electron chi connectivity index (χ1n) is 8.05. The number of piperidine rings is 1. The molecule has 0 saturated carbocycles. The maximum Gasteiger partial charge on any atom is 0.196 e. The van der Waals surface area contributed by atoms with Gasteiger partial charge in [-0.15, -0.1) is 0 Å². The number of carbonyl (C=O) groups is 1. The summed E-state index contributed by atoms with van der Waals surface area (Å²) in [4.78, 5) is 14.8. The largest absolute Gasteiger partial charge is 0.493 e. The van der Waals surface area contributed by atoms with E-state index in [4.69, 9.17) is 9.47 Å². The molecular weight excluding hydrogens is 294 g/mol. The number of likely N-dealkylation sites (N-methyl/N-ethyl adjacent to an activating group) is 1. The number of benzene rings is 1. The second kappa shape index (κ2) is 3.97. The molecule has 0 radical (unpaired) electrons. The quantitative estimate of drug-likeness (QED) is 0.832. The van der Waals surface area contributed by atoms with Crippen molar-refractivity contribution in [2.24, 2.45) is 0 Å². The van der Waals surface area contributed by atoms with Crippen LogP contribution in [0.4, 0.5) is 0 Å². The predicted octanol–water partition coefficient (Wildman–Crippen LogP) is 0.824. The Morgan fingerprint density at radius 3 is 3.04 bits per heavy atom. The number of likely N-dealkylation sites (tertiary alicyclic amines) is 1. The van der Waals surface area contributed by atoms with Crippen molar-refractivity contribution >= 4 is 5.78 Å². The van der Waals surface area contributed by atoms with E-state index in [0.29, 0.717) is 17.9 Å². The van der Waals surface area contributed by atoms with Gasteiger partial charge in [-0.3, -0.25) is 9.69 Å². The van der Waals surface area contributed by atoms with Gasteiger partial charge in [0.1, 0.15) is 5.60 Å². The molecule has 5 rings (SSSR count). The normalized spacial score (nSPS) is 39.9. The number of ether oxygens (including phenoxy) is 2. The van der Waals surface area contributed by atoms with Crippen LogP contribution in [0.3, 0.4) is 0 Å². The topological polar surface area (TPSA) is 59.0 Å². The molecule has 120 valence electrons. The van der Waals surface area contributed by atoms with Gasteiger partial charge < -0.3 is 14.6 Å². The van der Waals surface area contributed by atoms with Gasteiger partial charge in [0.15, 0.2) is 23.4 Å². The fraction of sp³-hybridized carbons (Fsp3) is 0.500. The summed E-state index contributed by atoms with van der Waals surface area (Å²) in [6.07, 6.45) is 4.00. The van der Waals surface area contributed by atoms with Gasteiger partial charge >= 0.3 is 0 Å². The van der Waals surface area contributed by atoms with Crippen LogP contribution in [0.15, 0.2) is 24.3 Å².